The zero-order chi connectivity index (χ0) is 13.5. The van der Waals surface area contributed by atoms with Gasteiger partial charge in [0.2, 0.25) is 0 Å². The fraction of sp³-hybridized carbons (Fsp3) is 0.250. The summed E-state index contributed by atoms with van der Waals surface area (Å²) in [5.74, 6) is -0.246. The van der Waals surface area contributed by atoms with E-state index in [4.69, 9.17) is 17.5 Å². The van der Waals surface area contributed by atoms with Crippen molar-refractivity contribution < 1.29 is 60.9 Å². The first-order valence-corrected chi connectivity index (χ1v) is 6.83. The van der Waals surface area contributed by atoms with Gasteiger partial charge in [-0.3, -0.25) is 13.3 Å². The molecule has 18 heavy (non-hydrogen) atoms. The van der Waals surface area contributed by atoms with Gasteiger partial charge in [-0.2, -0.15) is 8.42 Å². The molecule has 7 nitrogen and oxygen atoms in total. The molecule has 0 spiro atoms. The molecule has 3 N–H and O–H groups in total. The fourth-order valence-corrected chi connectivity index (χ4v) is 1.35. The summed E-state index contributed by atoms with van der Waals surface area (Å²) in [5.41, 5.74) is 0.627. The summed E-state index contributed by atoms with van der Waals surface area (Å²) in [4.78, 5) is 0. The van der Waals surface area contributed by atoms with Crippen molar-refractivity contribution in [2.24, 2.45) is 0 Å². The number of hydrogen-bond donors (Lipinski definition) is 3. The Labute approximate surface area is 129 Å². The van der Waals surface area contributed by atoms with Crippen molar-refractivity contribution in [2.75, 3.05) is 5.75 Å². The third-order valence-electron chi connectivity index (χ3n) is 1.48. The quantitative estimate of drug-likeness (QED) is 0.307. The third kappa shape index (κ3) is 14.2. The first-order chi connectivity index (χ1) is 7.70. The average Bonchev–Trinajstić information content (AvgIpc) is 2.15. The number of rotatable bonds is 3. The predicted molar refractivity (Wildman–Crippen MR) is 59.4 cm³/mol. The van der Waals surface area contributed by atoms with Gasteiger partial charge in [0.1, 0.15) is 0 Å². The number of aliphatic hydroxyl groups is 1. The van der Waals surface area contributed by atoms with Crippen LogP contribution in [0.2, 0.25) is 0 Å². The van der Waals surface area contributed by atoms with Crippen LogP contribution in [0.4, 0.5) is 0 Å². The Kier molecular flexibility index (Phi) is 11.4. The fourth-order valence-electron chi connectivity index (χ4n) is 0.900. The van der Waals surface area contributed by atoms with Crippen LogP contribution < -0.4 is 29.6 Å². The Bertz CT molecular complexity index is 440. The number of hydrogen-bond acceptors (Lipinski definition) is 5. The van der Waals surface area contributed by atoms with Crippen LogP contribution in [0.3, 0.4) is 0 Å². The van der Waals surface area contributed by atoms with Crippen LogP contribution in [-0.2, 0) is 21.5 Å². The molecule has 2 atom stereocenters. The van der Waals surface area contributed by atoms with Crippen LogP contribution in [0.1, 0.15) is 11.7 Å². The summed E-state index contributed by atoms with van der Waals surface area (Å²) in [7, 11) is -4.67. The van der Waals surface area contributed by atoms with Crippen molar-refractivity contribution in [3.63, 3.8) is 0 Å². The molecule has 0 aliphatic rings. The van der Waals surface area contributed by atoms with Crippen LogP contribution >= 0.6 is 0 Å². The average molecular weight is 306 g/mol. The molecule has 0 heterocycles. The van der Waals surface area contributed by atoms with Crippen molar-refractivity contribution in [3.8, 4) is 0 Å². The van der Waals surface area contributed by atoms with Gasteiger partial charge in [0, 0.05) is 5.75 Å². The van der Waals surface area contributed by atoms with Crippen LogP contribution in [0.15, 0.2) is 30.3 Å². The van der Waals surface area contributed by atoms with Gasteiger partial charge in [0.15, 0.2) is 0 Å². The monoisotopic (exact) mass is 306 g/mol. The molecule has 0 radical (unpaired) electrons. The van der Waals surface area contributed by atoms with Crippen LogP contribution in [0.25, 0.3) is 0 Å². The molecule has 0 aromatic heterocycles. The molecule has 0 bridgehead atoms. The molecule has 1 aromatic rings. The molecule has 0 aliphatic carbocycles. The van der Waals surface area contributed by atoms with E-state index in [0.29, 0.717) is 5.56 Å². The molecule has 0 saturated carbocycles. The summed E-state index contributed by atoms with van der Waals surface area (Å²) in [6.07, 6.45) is -0.912. The smallest absolute Gasteiger partial charge is 0.772 e. The normalized spacial score (nSPS) is 13.6. The van der Waals surface area contributed by atoms with Gasteiger partial charge in [-0.1, -0.05) is 41.4 Å². The molecular formula is C8H11NaO7S2. The van der Waals surface area contributed by atoms with E-state index in [-0.39, 0.29) is 35.3 Å². The molecular weight excluding hydrogens is 295 g/mol. The van der Waals surface area contributed by atoms with E-state index in [1.807, 2.05) is 6.07 Å². The second-order valence-electron chi connectivity index (χ2n) is 2.84. The summed E-state index contributed by atoms with van der Waals surface area (Å²) < 4.78 is 52.0. The zero-order valence-electron chi connectivity index (χ0n) is 9.46. The molecule has 10 heteroatoms. The first kappa shape index (κ1) is 20.5. The summed E-state index contributed by atoms with van der Waals surface area (Å²) >= 11 is -2.20. The van der Waals surface area contributed by atoms with E-state index in [0.717, 1.165) is 0 Å². The number of benzene rings is 1. The van der Waals surface area contributed by atoms with Crippen LogP contribution in [0.5, 0.6) is 0 Å². The molecule has 0 aliphatic heterocycles. The van der Waals surface area contributed by atoms with Crippen molar-refractivity contribution in [3.05, 3.63) is 35.9 Å². The van der Waals surface area contributed by atoms with E-state index >= 15 is 0 Å². The molecule has 0 fully saturated rings. The van der Waals surface area contributed by atoms with Gasteiger partial charge in [0.05, 0.1) is 6.10 Å². The SMILES string of the molecule is O=S(=O)(O)O.O=S([O-])CC(O)c1ccccc1.[Na+]. The maximum absolute atomic E-state index is 10.2. The largest absolute Gasteiger partial charge is 1.00 e. The van der Waals surface area contributed by atoms with Gasteiger partial charge in [-0.05, 0) is 5.56 Å². The number of aliphatic hydroxyl groups excluding tert-OH is 1. The molecule has 98 valence electrons. The Morgan fingerprint density at radius 1 is 1.22 bits per heavy atom. The van der Waals surface area contributed by atoms with Gasteiger partial charge in [-0.25, -0.2) is 0 Å². The van der Waals surface area contributed by atoms with Crippen molar-refractivity contribution in [1.29, 1.82) is 0 Å². The third-order valence-corrected chi connectivity index (χ3v) is 2.07. The van der Waals surface area contributed by atoms with Crippen molar-refractivity contribution in [2.45, 2.75) is 6.10 Å². The summed E-state index contributed by atoms with van der Waals surface area (Å²) in [6.45, 7) is 0. The van der Waals surface area contributed by atoms with Crippen molar-refractivity contribution in [1.82, 2.24) is 0 Å². The van der Waals surface area contributed by atoms with Crippen molar-refractivity contribution >= 4 is 21.5 Å². The summed E-state index contributed by atoms with van der Waals surface area (Å²) in [6, 6.07) is 8.71. The molecule has 0 saturated heterocycles. The van der Waals surface area contributed by atoms with E-state index in [1.54, 1.807) is 24.3 Å². The van der Waals surface area contributed by atoms with E-state index in [9.17, 15) is 13.9 Å². The second kappa shape index (κ2) is 10.0. The van der Waals surface area contributed by atoms with Gasteiger partial charge in [-0.15, -0.1) is 0 Å². The van der Waals surface area contributed by atoms with Gasteiger partial charge >= 0.3 is 40.0 Å². The Morgan fingerprint density at radius 2 is 1.61 bits per heavy atom. The Hall–Kier alpha value is 0.160. The minimum absolute atomic E-state index is 0. The molecule has 1 rings (SSSR count). The standard InChI is InChI=1S/C8H10O3S.Na.H2O4S/c9-8(6-12(10)11)7-4-2-1-3-5-7;;1-5(2,3)4/h1-5,8-9H,6H2,(H,10,11);;(H2,1,2,3,4)/q;+1;/p-1. The predicted octanol–water partition coefficient (Wildman–Crippen LogP) is -3.05. The van der Waals surface area contributed by atoms with E-state index in [1.165, 1.54) is 0 Å². The topological polar surface area (TPSA) is 135 Å². The Morgan fingerprint density at radius 3 is 1.94 bits per heavy atom. The van der Waals surface area contributed by atoms with Gasteiger partial charge < -0.3 is 9.66 Å². The van der Waals surface area contributed by atoms with Crippen LogP contribution in [-0.4, -0.2) is 37.1 Å². The van der Waals surface area contributed by atoms with E-state index < -0.39 is 27.6 Å². The minimum Gasteiger partial charge on any atom is -0.772 e. The second-order valence-corrected chi connectivity index (χ2v) is 4.68. The molecule has 1 aromatic carbocycles. The maximum Gasteiger partial charge on any atom is 1.00 e. The Balaban J connectivity index is 0. The van der Waals surface area contributed by atoms with Gasteiger partial charge in [0.25, 0.3) is 0 Å². The molecule has 2 unspecified atom stereocenters. The minimum atomic E-state index is -4.67. The molecule has 0 amide bonds. The zero-order valence-corrected chi connectivity index (χ0v) is 13.1. The van der Waals surface area contributed by atoms with E-state index in [2.05, 4.69) is 0 Å². The maximum atomic E-state index is 10.2. The summed E-state index contributed by atoms with van der Waals surface area (Å²) in [5, 5.41) is 9.30. The van der Waals surface area contributed by atoms with Crippen LogP contribution in [0, 0.1) is 0 Å². The first-order valence-electron chi connectivity index (χ1n) is 4.19.